The lowest BCUT2D eigenvalue weighted by Gasteiger charge is -2.35. The molecule has 0 aromatic rings. The third-order valence-electron chi connectivity index (χ3n) is 2.97. The van der Waals surface area contributed by atoms with E-state index in [1.807, 2.05) is 19.9 Å². The van der Waals surface area contributed by atoms with Gasteiger partial charge in [-0.2, -0.15) is 0 Å². The van der Waals surface area contributed by atoms with Crippen LogP contribution < -0.4 is 0 Å². The monoisotopic (exact) mass is 178 g/mol. The molecular formula is C12H18O. The fraction of sp³-hybridized carbons (Fsp3) is 0.583. The first-order chi connectivity index (χ1) is 5.90. The van der Waals surface area contributed by atoms with Crippen molar-refractivity contribution < 1.29 is 4.79 Å². The number of hydrogen-bond donors (Lipinski definition) is 0. The number of carbonyl (C=O) groups excluding carboxylic acids is 1. The van der Waals surface area contributed by atoms with E-state index < -0.39 is 0 Å². The molecule has 13 heavy (non-hydrogen) atoms. The van der Waals surface area contributed by atoms with Crippen molar-refractivity contribution in [3.8, 4) is 0 Å². The van der Waals surface area contributed by atoms with Crippen LogP contribution in [-0.4, -0.2) is 5.78 Å². The van der Waals surface area contributed by atoms with E-state index in [2.05, 4.69) is 20.4 Å². The molecule has 1 nitrogen and oxygen atoms in total. The molecule has 0 saturated carbocycles. The van der Waals surface area contributed by atoms with Gasteiger partial charge in [-0.25, -0.2) is 0 Å². The number of carbonyl (C=O) groups is 1. The Morgan fingerprint density at radius 3 is 2.54 bits per heavy atom. The van der Waals surface area contributed by atoms with Crippen LogP contribution in [0.2, 0.25) is 0 Å². The number of hydrogen-bond acceptors (Lipinski definition) is 1. The maximum atomic E-state index is 11.7. The summed E-state index contributed by atoms with van der Waals surface area (Å²) >= 11 is 0. The maximum Gasteiger partial charge on any atom is 0.161 e. The minimum absolute atomic E-state index is 0.110. The predicted octanol–water partition coefficient (Wildman–Crippen LogP) is 3.12. The third kappa shape index (κ3) is 1.60. The molecule has 1 atom stereocenters. The fourth-order valence-corrected chi connectivity index (χ4v) is 2.41. The van der Waals surface area contributed by atoms with Crippen LogP contribution in [0.15, 0.2) is 23.8 Å². The Labute approximate surface area is 80.5 Å². The molecule has 1 heteroatoms. The summed E-state index contributed by atoms with van der Waals surface area (Å²) in [5.41, 5.74) is 2.13. The molecule has 0 saturated heterocycles. The Morgan fingerprint density at radius 1 is 1.54 bits per heavy atom. The second-order valence-corrected chi connectivity index (χ2v) is 4.60. The zero-order valence-electron chi connectivity index (χ0n) is 8.98. The van der Waals surface area contributed by atoms with Crippen LogP contribution in [0.25, 0.3) is 0 Å². The van der Waals surface area contributed by atoms with Crippen LogP contribution in [-0.2, 0) is 4.79 Å². The summed E-state index contributed by atoms with van der Waals surface area (Å²) in [5.74, 6) is 0.452. The van der Waals surface area contributed by atoms with Crippen LogP contribution in [0, 0.1) is 11.3 Å². The lowest BCUT2D eigenvalue weighted by molar-refractivity contribution is -0.120. The smallest absolute Gasteiger partial charge is 0.161 e. The van der Waals surface area contributed by atoms with Crippen LogP contribution in [0.3, 0.4) is 0 Å². The zero-order valence-corrected chi connectivity index (χ0v) is 8.98. The summed E-state index contributed by atoms with van der Waals surface area (Å²) in [6, 6.07) is 0. The highest BCUT2D eigenvalue weighted by atomic mass is 16.1. The van der Waals surface area contributed by atoms with E-state index in [-0.39, 0.29) is 17.1 Å². The number of rotatable bonds is 1. The van der Waals surface area contributed by atoms with E-state index in [9.17, 15) is 4.79 Å². The molecule has 0 amide bonds. The van der Waals surface area contributed by atoms with Gasteiger partial charge < -0.3 is 0 Å². The molecule has 0 aromatic heterocycles. The Morgan fingerprint density at radius 2 is 2.08 bits per heavy atom. The van der Waals surface area contributed by atoms with Gasteiger partial charge in [-0.1, -0.05) is 33.4 Å². The molecule has 0 bridgehead atoms. The average molecular weight is 178 g/mol. The van der Waals surface area contributed by atoms with Crippen LogP contribution in [0.1, 0.15) is 34.1 Å². The van der Waals surface area contributed by atoms with Gasteiger partial charge in [-0.05, 0) is 29.9 Å². The molecule has 0 fully saturated rings. The molecule has 0 aromatic carbocycles. The largest absolute Gasteiger partial charge is 0.294 e. The molecule has 1 rings (SSSR count). The molecule has 0 heterocycles. The summed E-state index contributed by atoms with van der Waals surface area (Å²) in [6.07, 6.45) is 2.77. The summed E-state index contributed by atoms with van der Waals surface area (Å²) in [7, 11) is 0. The molecule has 0 N–H and O–H groups in total. The molecule has 0 radical (unpaired) electrons. The van der Waals surface area contributed by atoms with Crippen molar-refractivity contribution in [1.29, 1.82) is 0 Å². The van der Waals surface area contributed by atoms with Gasteiger partial charge in [0.15, 0.2) is 5.78 Å². The first-order valence-corrected chi connectivity index (χ1v) is 4.78. The van der Waals surface area contributed by atoms with Gasteiger partial charge in [0.1, 0.15) is 0 Å². The second-order valence-electron chi connectivity index (χ2n) is 4.60. The molecule has 0 spiro atoms. The van der Waals surface area contributed by atoms with Gasteiger partial charge in [0.05, 0.1) is 0 Å². The molecule has 1 unspecified atom stereocenters. The van der Waals surface area contributed by atoms with Crippen molar-refractivity contribution in [3.63, 3.8) is 0 Å². The Kier molecular flexibility index (Phi) is 2.47. The van der Waals surface area contributed by atoms with Crippen LogP contribution in [0.5, 0.6) is 0 Å². The van der Waals surface area contributed by atoms with Crippen molar-refractivity contribution in [2.24, 2.45) is 11.3 Å². The quantitative estimate of drug-likeness (QED) is 0.603. The van der Waals surface area contributed by atoms with Crippen LogP contribution in [0.4, 0.5) is 0 Å². The van der Waals surface area contributed by atoms with Gasteiger partial charge in [0.25, 0.3) is 0 Å². The van der Waals surface area contributed by atoms with E-state index in [0.717, 1.165) is 17.6 Å². The molecule has 1 aliphatic carbocycles. The van der Waals surface area contributed by atoms with E-state index in [1.54, 1.807) is 0 Å². The van der Waals surface area contributed by atoms with Gasteiger partial charge in [0.2, 0.25) is 0 Å². The fourth-order valence-electron chi connectivity index (χ4n) is 2.41. The average Bonchev–Trinajstić information content (AvgIpc) is 2.00. The van der Waals surface area contributed by atoms with Gasteiger partial charge >= 0.3 is 0 Å². The normalized spacial score (nSPS) is 27.7. The summed E-state index contributed by atoms with van der Waals surface area (Å²) in [6.45, 7) is 12.1. The number of Topliss-reactive ketones (excluding diaryl/α,β-unsaturated/α-hetero) is 1. The molecular weight excluding hydrogens is 160 g/mol. The molecule has 0 aliphatic heterocycles. The van der Waals surface area contributed by atoms with E-state index >= 15 is 0 Å². The van der Waals surface area contributed by atoms with Crippen molar-refractivity contribution in [1.82, 2.24) is 0 Å². The zero-order chi connectivity index (χ0) is 10.2. The maximum absolute atomic E-state index is 11.7. The lowest BCUT2D eigenvalue weighted by Crippen LogP contribution is -2.30. The first kappa shape index (κ1) is 10.2. The molecule has 1 aliphatic rings. The summed E-state index contributed by atoms with van der Waals surface area (Å²) < 4.78 is 0. The number of allylic oxidation sites excluding steroid dienone is 3. The summed E-state index contributed by atoms with van der Waals surface area (Å²) in [5, 5.41) is 0. The van der Waals surface area contributed by atoms with Crippen molar-refractivity contribution >= 4 is 5.78 Å². The van der Waals surface area contributed by atoms with Crippen molar-refractivity contribution in [2.45, 2.75) is 34.1 Å². The minimum atomic E-state index is 0.110. The van der Waals surface area contributed by atoms with Crippen LogP contribution >= 0.6 is 0 Å². The van der Waals surface area contributed by atoms with Gasteiger partial charge in [0, 0.05) is 5.92 Å². The highest BCUT2D eigenvalue weighted by molar-refractivity contribution is 5.98. The summed E-state index contributed by atoms with van der Waals surface area (Å²) in [4.78, 5) is 11.7. The second kappa shape index (κ2) is 3.13. The van der Waals surface area contributed by atoms with Gasteiger partial charge in [-0.3, -0.25) is 4.79 Å². The lowest BCUT2D eigenvalue weighted by atomic mass is 9.68. The van der Waals surface area contributed by atoms with Gasteiger partial charge in [-0.15, -0.1) is 0 Å². The Bertz CT molecular complexity index is 281. The molecule has 72 valence electrons. The van der Waals surface area contributed by atoms with E-state index in [0.29, 0.717) is 0 Å². The minimum Gasteiger partial charge on any atom is -0.294 e. The topological polar surface area (TPSA) is 17.1 Å². The Balaban J connectivity index is 3.23. The first-order valence-electron chi connectivity index (χ1n) is 4.78. The highest BCUT2D eigenvalue weighted by Gasteiger charge is 2.34. The SMILES string of the molecule is C=CC1=C(C)C(=O)C(C)CC1(C)C. The number of ketones is 1. The van der Waals surface area contributed by atoms with Crippen molar-refractivity contribution in [3.05, 3.63) is 23.8 Å². The predicted molar refractivity (Wildman–Crippen MR) is 55.5 cm³/mol. The van der Waals surface area contributed by atoms with E-state index in [4.69, 9.17) is 0 Å². The van der Waals surface area contributed by atoms with Crippen molar-refractivity contribution in [2.75, 3.05) is 0 Å². The van der Waals surface area contributed by atoms with E-state index in [1.165, 1.54) is 0 Å². The third-order valence-corrected chi connectivity index (χ3v) is 2.97. The Hall–Kier alpha value is -0.850. The standard InChI is InChI=1S/C12H18O/c1-6-10-9(3)11(13)8(2)7-12(10,4)5/h6,8H,1,7H2,2-5H3. The highest BCUT2D eigenvalue weighted by Crippen LogP contribution is 2.41.